The maximum atomic E-state index is 5.22. The predicted octanol–water partition coefficient (Wildman–Crippen LogP) is 3.52. The van der Waals surface area contributed by atoms with Crippen LogP contribution in [-0.2, 0) is 9.47 Å². The van der Waals surface area contributed by atoms with Crippen molar-refractivity contribution in [3.63, 3.8) is 0 Å². The first kappa shape index (κ1) is 12.7. The lowest BCUT2D eigenvalue weighted by molar-refractivity contribution is -0.115. The average Bonchev–Trinajstić information content (AvgIpc) is 2.29. The minimum absolute atomic E-state index is 0.474. The van der Waals surface area contributed by atoms with Crippen LogP contribution in [0.15, 0.2) is 12.2 Å². The van der Waals surface area contributed by atoms with Gasteiger partial charge in [-0.1, -0.05) is 44.8 Å². The number of rotatable bonds is 7. The second-order valence-electron chi connectivity index (χ2n) is 4.25. The molecule has 1 rings (SSSR count). The molecule has 0 bridgehead atoms. The molecule has 0 atom stereocenters. The summed E-state index contributed by atoms with van der Waals surface area (Å²) in [5.74, 6) is 0.481. The fourth-order valence-corrected chi connectivity index (χ4v) is 1.77. The van der Waals surface area contributed by atoms with Crippen molar-refractivity contribution in [2.45, 2.75) is 45.4 Å². The molecule has 0 saturated carbocycles. The van der Waals surface area contributed by atoms with Crippen molar-refractivity contribution in [3.05, 3.63) is 12.2 Å². The quantitative estimate of drug-likeness (QED) is 0.475. The fraction of sp³-hybridized carbons (Fsp3) is 0.846. The Hall–Kier alpha value is -0.340. The molecule has 0 amide bonds. The molecule has 2 heteroatoms. The van der Waals surface area contributed by atoms with Gasteiger partial charge in [0.2, 0.25) is 0 Å². The van der Waals surface area contributed by atoms with Crippen LogP contribution < -0.4 is 0 Å². The van der Waals surface area contributed by atoms with Crippen LogP contribution >= 0.6 is 0 Å². The lowest BCUT2D eigenvalue weighted by Gasteiger charge is -2.19. The third kappa shape index (κ3) is 6.69. The van der Waals surface area contributed by atoms with E-state index in [4.69, 9.17) is 9.47 Å². The van der Waals surface area contributed by atoms with E-state index < -0.39 is 0 Å². The number of unbranched alkanes of at least 4 members (excludes halogenated alkanes) is 5. The average molecular weight is 212 g/mol. The largest absolute Gasteiger partial charge is 0.355 e. The lowest BCUT2D eigenvalue weighted by Crippen LogP contribution is -2.22. The van der Waals surface area contributed by atoms with E-state index in [-0.39, 0.29) is 0 Å². The van der Waals surface area contributed by atoms with Gasteiger partial charge >= 0.3 is 0 Å². The SMILES string of the molecule is CCCCCCCC=CC1COCOC1. The highest BCUT2D eigenvalue weighted by Gasteiger charge is 2.09. The minimum atomic E-state index is 0.474. The van der Waals surface area contributed by atoms with Crippen molar-refractivity contribution >= 4 is 0 Å². The van der Waals surface area contributed by atoms with Crippen molar-refractivity contribution in [1.29, 1.82) is 0 Å². The van der Waals surface area contributed by atoms with E-state index in [2.05, 4.69) is 19.1 Å². The highest BCUT2D eigenvalue weighted by Crippen LogP contribution is 2.09. The molecule has 0 aromatic heterocycles. The molecule has 1 heterocycles. The first-order valence-corrected chi connectivity index (χ1v) is 6.25. The summed E-state index contributed by atoms with van der Waals surface area (Å²) < 4.78 is 10.4. The highest BCUT2D eigenvalue weighted by atomic mass is 16.7. The van der Waals surface area contributed by atoms with Crippen molar-refractivity contribution in [2.24, 2.45) is 5.92 Å². The summed E-state index contributed by atoms with van der Waals surface area (Å²) in [7, 11) is 0. The molecule has 0 aliphatic carbocycles. The molecule has 88 valence electrons. The summed E-state index contributed by atoms with van der Waals surface area (Å²) in [5.41, 5.74) is 0. The minimum Gasteiger partial charge on any atom is -0.355 e. The zero-order valence-electron chi connectivity index (χ0n) is 9.91. The monoisotopic (exact) mass is 212 g/mol. The molecule has 1 saturated heterocycles. The maximum Gasteiger partial charge on any atom is 0.146 e. The van der Waals surface area contributed by atoms with Crippen LogP contribution in [0.3, 0.4) is 0 Å². The van der Waals surface area contributed by atoms with Crippen molar-refractivity contribution in [1.82, 2.24) is 0 Å². The first-order chi connectivity index (χ1) is 7.43. The topological polar surface area (TPSA) is 18.5 Å². The van der Waals surface area contributed by atoms with E-state index in [1.54, 1.807) is 0 Å². The van der Waals surface area contributed by atoms with Crippen LogP contribution in [0.1, 0.15) is 45.4 Å². The van der Waals surface area contributed by atoms with E-state index >= 15 is 0 Å². The number of allylic oxidation sites excluding steroid dienone is 1. The normalized spacial score (nSPS) is 18.7. The molecular formula is C13H24O2. The zero-order valence-corrected chi connectivity index (χ0v) is 9.91. The van der Waals surface area contributed by atoms with Gasteiger partial charge in [-0.05, 0) is 12.8 Å². The van der Waals surface area contributed by atoms with Gasteiger partial charge in [0.1, 0.15) is 6.79 Å². The van der Waals surface area contributed by atoms with Gasteiger partial charge in [-0.15, -0.1) is 0 Å². The summed E-state index contributed by atoms with van der Waals surface area (Å²) in [4.78, 5) is 0. The molecule has 0 spiro atoms. The third-order valence-corrected chi connectivity index (χ3v) is 2.71. The highest BCUT2D eigenvalue weighted by molar-refractivity contribution is 4.88. The van der Waals surface area contributed by atoms with Crippen LogP contribution in [0.5, 0.6) is 0 Å². The number of hydrogen-bond donors (Lipinski definition) is 0. The molecule has 1 aliphatic rings. The molecule has 15 heavy (non-hydrogen) atoms. The Morgan fingerprint density at radius 3 is 2.53 bits per heavy atom. The Labute approximate surface area is 93.7 Å². The van der Waals surface area contributed by atoms with Gasteiger partial charge in [-0.25, -0.2) is 0 Å². The standard InChI is InChI=1S/C13H24O2/c1-2-3-4-5-6-7-8-9-13-10-14-12-15-11-13/h8-9,13H,2-7,10-12H2,1H3. The second-order valence-corrected chi connectivity index (χ2v) is 4.25. The number of ether oxygens (including phenoxy) is 2. The second kappa shape index (κ2) is 8.93. The predicted molar refractivity (Wildman–Crippen MR) is 62.8 cm³/mol. The molecule has 0 unspecified atom stereocenters. The number of hydrogen-bond acceptors (Lipinski definition) is 2. The van der Waals surface area contributed by atoms with Gasteiger partial charge in [0.25, 0.3) is 0 Å². The van der Waals surface area contributed by atoms with Crippen LogP contribution in [0.4, 0.5) is 0 Å². The lowest BCUT2D eigenvalue weighted by atomic mass is 10.1. The molecular weight excluding hydrogens is 188 g/mol. The van der Waals surface area contributed by atoms with Crippen LogP contribution in [0, 0.1) is 5.92 Å². The van der Waals surface area contributed by atoms with Gasteiger partial charge in [0, 0.05) is 5.92 Å². The van der Waals surface area contributed by atoms with Crippen LogP contribution in [0.2, 0.25) is 0 Å². The Morgan fingerprint density at radius 1 is 1.07 bits per heavy atom. The van der Waals surface area contributed by atoms with Crippen LogP contribution in [0.25, 0.3) is 0 Å². The maximum absolute atomic E-state index is 5.22. The smallest absolute Gasteiger partial charge is 0.146 e. The van der Waals surface area contributed by atoms with Crippen LogP contribution in [-0.4, -0.2) is 20.0 Å². The van der Waals surface area contributed by atoms with Crippen molar-refractivity contribution in [3.8, 4) is 0 Å². The fourth-order valence-electron chi connectivity index (χ4n) is 1.77. The van der Waals surface area contributed by atoms with Crippen molar-refractivity contribution in [2.75, 3.05) is 20.0 Å². The molecule has 1 fully saturated rings. The third-order valence-electron chi connectivity index (χ3n) is 2.71. The zero-order chi connectivity index (χ0) is 10.8. The summed E-state index contributed by atoms with van der Waals surface area (Å²) in [5, 5.41) is 0. The van der Waals surface area contributed by atoms with Gasteiger partial charge in [-0.3, -0.25) is 0 Å². The van der Waals surface area contributed by atoms with E-state index in [0.29, 0.717) is 12.7 Å². The Balaban J connectivity index is 1.91. The molecule has 0 aromatic rings. The van der Waals surface area contributed by atoms with E-state index in [1.165, 1.54) is 38.5 Å². The summed E-state index contributed by atoms with van der Waals surface area (Å²) >= 11 is 0. The summed E-state index contributed by atoms with van der Waals surface area (Å²) in [6, 6.07) is 0. The first-order valence-electron chi connectivity index (χ1n) is 6.25. The van der Waals surface area contributed by atoms with Gasteiger partial charge in [0.05, 0.1) is 13.2 Å². The van der Waals surface area contributed by atoms with Gasteiger partial charge < -0.3 is 9.47 Å². The summed E-state index contributed by atoms with van der Waals surface area (Å²) in [6.07, 6.45) is 12.5. The molecule has 0 radical (unpaired) electrons. The van der Waals surface area contributed by atoms with Gasteiger partial charge in [0.15, 0.2) is 0 Å². The molecule has 2 nitrogen and oxygen atoms in total. The van der Waals surface area contributed by atoms with E-state index in [1.807, 2.05) is 0 Å². The molecule has 0 aromatic carbocycles. The van der Waals surface area contributed by atoms with Gasteiger partial charge in [-0.2, -0.15) is 0 Å². The van der Waals surface area contributed by atoms with E-state index in [0.717, 1.165) is 13.2 Å². The Morgan fingerprint density at radius 2 is 1.80 bits per heavy atom. The summed E-state index contributed by atoms with van der Waals surface area (Å²) in [6.45, 7) is 4.38. The molecule has 1 aliphatic heterocycles. The van der Waals surface area contributed by atoms with Crippen molar-refractivity contribution < 1.29 is 9.47 Å². The Kier molecular flexibility index (Phi) is 7.58. The van der Waals surface area contributed by atoms with E-state index in [9.17, 15) is 0 Å². The Bertz CT molecular complexity index is 160. The molecule has 0 N–H and O–H groups in total.